The van der Waals surface area contributed by atoms with Crippen LogP contribution in [0, 0.1) is 6.92 Å². The second-order valence-electron chi connectivity index (χ2n) is 4.96. The van der Waals surface area contributed by atoms with E-state index in [1.165, 1.54) is 0 Å². The Bertz CT molecular complexity index is 743. The summed E-state index contributed by atoms with van der Waals surface area (Å²) in [7, 11) is -2.93. The van der Waals surface area contributed by atoms with Gasteiger partial charge in [0, 0.05) is 18.3 Å². The van der Waals surface area contributed by atoms with E-state index < -0.39 is 9.84 Å². The third-order valence-corrected chi connectivity index (χ3v) is 4.87. The molecule has 0 radical (unpaired) electrons. The topological polar surface area (TPSA) is 110 Å². The van der Waals surface area contributed by atoms with E-state index in [0.717, 1.165) is 0 Å². The minimum atomic E-state index is -2.93. The van der Waals surface area contributed by atoms with Crippen molar-refractivity contribution in [3.05, 3.63) is 24.1 Å². The molecule has 2 aromatic rings. The largest absolute Gasteiger partial charge is 0.360 e. The molecule has 3 heterocycles. The molecule has 0 aromatic carbocycles. The van der Waals surface area contributed by atoms with Gasteiger partial charge < -0.3 is 15.2 Å². The SMILES string of the molecule is Cc1cc(Nc2ccnc(NC3CCS(=O)(=O)C3)n2)no1. The maximum Gasteiger partial charge on any atom is 0.224 e. The van der Waals surface area contributed by atoms with Crippen LogP contribution in [0.2, 0.25) is 0 Å². The molecule has 112 valence electrons. The Morgan fingerprint density at radius 1 is 1.38 bits per heavy atom. The van der Waals surface area contributed by atoms with Gasteiger partial charge in [-0.3, -0.25) is 0 Å². The zero-order chi connectivity index (χ0) is 14.9. The molecule has 0 aliphatic carbocycles. The van der Waals surface area contributed by atoms with E-state index in [1.54, 1.807) is 25.3 Å². The Morgan fingerprint density at radius 2 is 2.24 bits per heavy atom. The van der Waals surface area contributed by atoms with Crippen molar-refractivity contribution in [3.8, 4) is 0 Å². The zero-order valence-electron chi connectivity index (χ0n) is 11.4. The van der Waals surface area contributed by atoms with Gasteiger partial charge in [0.25, 0.3) is 0 Å². The fraction of sp³-hybridized carbons (Fsp3) is 0.417. The number of hydrogen-bond donors (Lipinski definition) is 2. The molecule has 1 aliphatic rings. The van der Waals surface area contributed by atoms with Gasteiger partial charge in [-0.05, 0) is 19.4 Å². The first-order chi connectivity index (χ1) is 10.00. The van der Waals surface area contributed by atoms with E-state index in [9.17, 15) is 8.42 Å². The van der Waals surface area contributed by atoms with Gasteiger partial charge in [0.1, 0.15) is 11.6 Å². The molecule has 1 fully saturated rings. The molecule has 3 rings (SSSR count). The molecule has 1 atom stereocenters. The average molecular weight is 309 g/mol. The fourth-order valence-corrected chi connectivity index (χ4v) is 3.82. The number of nitrogens with zero attached hydrogens (tertiary/aromatic N) is 3. The number of nitrogens with one attached hydrogen (secondary N) is 2. The Hall–Kier alpha value is -2.16. The van der Waals surface area contributed by atoms with Gasteiger partial charge in [-0.2, -0.15) is 4.98 Å². The summed E-state index contributed by atoms with van der Waals surface area (Å²) < 4.78 is 27.8. The van der Waals surface area contributed by atoms with Gasteiger partial charge in [-0.25, -0.2) is 13.4 Å². The second kappa shape index (κ2) is 5.32. The molecule has 1 unspecified atom stereocenters. The molecule has 8 nitrogen and oxygen atoms in total. The van der Waals surface area contributed by atoms with Crippen molar-refractivity contribution in [2.24, 2.45) is 0 Å². The van der Waals surface area contributed by atoms with E-state index in [1.807, 2.05) is 0 Å². The Morgan fingerprint density at radius 3 is 2.90 bits per heavy atom. The highest BCUT2D eigenvalue weighted by molar-refractivity contribution is 7.91. The van der Waals surface area contributed by atoms with Crippen LogP contribution in [0.1, 0.15) is 12.2 Å². The van der Waals surface area contributed by atoms with Crippen LogP contribution in [0.25, 0.3) is 0 Å². The highest BCUT2D eigenvalue weighted by Gasteiger charge is 2.28. The molecule has 9 heteroatoms. The fourth-order valence-electron chi connectivity index (χ4n) is 2.15. The number of aromatic nitrogens is 3. The van der Waals surface area contributed by atoms with Crippen LogP contribution < -0.4 is 10.6 Å². The van der Waals surface area contributed by atoms with Crippen molar-refractivity contribution < 1.29 is 12.9 Å². The number of rotatable bonds is 4. The van der Waals surface area contributed by atoms with Crippen molar-refractivity contribution in [1.29, 1.82) is 0 Å². The van der Waals surface area contributed by atoms with E-state index in [4.69, 9.17) is 4.52 Å². The van der Waals surface area contributed by atoms with Gasteiger partial charge in [0.05, 0.1) is 11.5 Å². The first-order valence-corrected chi connectivity index (χ1v) is 8.33. The standard InChI is InChI=1S/C12H15N5O3S/c1-8-6-11(17-20-8)15-10-2-4-13-12(16-10)14-9-3-5-21(18,19)7-9/h2,4,6,9H,3,5,7H2,1H3,(H2,13,14,15,16,17). The first kappa shape index (κ1) is 13.8. The Balaban J connectivity index is 1.68. The van der Waals surface area contributed by atoms with Crippen molar-refractivity contribution in [2.45, 2.75) is 19.4 Å². The molecule has 0 bridgehead atoms. The van der Waals surface area contributed by atoms with Gasteiger partial charge in [0.2, 0.25) is 5.95 Å². The predicted molar refractivity (Wildman–Crippen MR) is 77.2 cm³/mol. The molecular weight excluding hydrogens is 294 g/mol. The Labute approximate surface area is 121 Å². The van der Waals surface area contributed by atoms with Crippen molar-refractivity contribution >= 4 is 27.4 Å². The lowest BCUT2D eigenvalue weighted by Gasteiger charge is -2.11. The average Bonchev–Trinajstić information content (AvgIpc) is 2.96. The lowest BCUT2D eigenvalue weighted by atomic mass is 10.3. The molecule has 0 amide bonds. The lowest BCUT2D eigenvalue weighted by molar-refractivity contribution is 0.400. The van der Waals surface area contributed by atoms with Gasteiger partial charge in [-0.15, -0.1) is 0 Å². The third-order valence-electron chi connectivity index (χ3n) is 3.11. The third kappa shape index (κ3) is 3.48. The van der Waals surface area contributed by atoms with Crippen LogP contribution in [0.3, 0.4) is 0 Å². The van der Waals surface area contributed by atoms with Crippen LogP contribution in [-0.2, 0) is 9.84 Å². The molecule has 1 saturated heterocycles. The summed E-state index contributed by atoms with van der Waals surface area (Å²) in [6, 6.07) is 3.30. The zero-order valence-corrected chi connectivity index (χ0v) is 12.2. The van der Waals surface area contributed by atoms with Crippen LogP contribution in [0.4, 0.5) is 17.6 Å². The Kier molecular flexibility index (Phi) is 3.50. The number of aryl methyl sites for hydroxylation is 1. The predicted octanol–water partition coefficient (Wildman–Crippen LogP) is 1.12. The number of sulfone groups is 1. The molecular formula is C12H15N5O3S. The van der Waals surface area contributed by atoms with E-state index in [0.29, 0.717) is 29.8 Å². The van der Waals surface area contributed by atoms with Crippen LogP contribution in [0.5, 0.6) is 0 Å². The lowest BCUT2D eigenvalue weighted by Crippen LogP contribution is -2.22. The van der Waals surface area contributed by atoms with Crippen molar-refractivity contribution in [1.82, 2.24) is 15.1 Å². The van der Waals surface area contributed by atoms with E-state index in [-0.39, 0.29) is 17.5 Å². The highest BCUT2D eigenvalue weighted by atomic mass is 32.2. The molecule has 0 spiro atoms. The summed E-state index contributed by atoms with van der Waals surface area (Å²) in [4.78, 5) is 8.38. The van der Waals surface area contributed by atoms with E-state index >= 15 is 0 Å². The van der Waals surface area contributed by atoms with Gasteiger partial charge >= 0.3 is 0 Å². The summed E-state index contributed by atoms with van der Waals surface area (Å²) in [5, 5.41) is 9.85. The molecule has 21 heavy (non-hydrogen) atoms. The number of hydrogen-bond acceptors (Lipinski definition) is 8. The second-order valence-corrected chi connectivity index (χ2v) is 7.19. The molecule has 0 saturated carbocycles. The van der Waals surface area contributed by atoms with Crippen molar-refractivity contribution in [2.75, 3.05) is 22.1 Å². The summed E-state index contributed by atoms with van der Waals surface area (Å²) in [6.45, 7) is 1.80. The maximum atomic E-state index is 11.4. The normalized spacial score (nSPS) is 20.3. The highest BCUT2D eigenvalue weighted by Crippen LogP contribution is 2.18. The minimum Gasteiger partial charge on any atom is -0.360 e. The summed E-state index contributed by atoms with van der Waals surface area (Å²) in [5.41, 5.74) is 0. The van der Waals surface area contributed by atoms with Crippen LogP contribution in [-0.4, -0.2) is 41.1 Å². The smallest absolute Gasteiger partial charge is 0.224 e. The summed E-state index contributed by atoms with van der Waals surface area (Å²) in [5.74, 6) is 2.53. The minimum absolute atomic E-state index is 0.122. The molecule has 1 aliphatic heterocycles. The quantitative estimate of drug-likeness (QED) is 0.864. The van der Waals surface area contributed by atoms with Gasteiger partial charge in [-0.1, -0.05) is 5.16 Å². The maximum absolute atomic E-state index is 11.4. The van der Waals surface area contributed by atoms with Crippen LogP contribution in [0.15, 0.2) is 22.9 Å². The van der Waals surface area contributed by atoms with Crippen molar-refractivity contribution in [3.63, 3.8) is 0 Å². The molecule has 2 N–H and O–H groups in total. The number of anilines is 3. The summed E-state index contributed by atoms with van der Waals surface area (Å²) in [6.07, 6.45) is 2.17. The monoisotopic (exact) mass is 309 g/mol. The van der Waals surface area contributed by atoms with Gasteiger partial charge in [0.15, 0.2) is 15.7 Å². The summed E-state index contributed by atoms with van der Waals surface area (Å²) >= 11 is 0. The van der Waals surface area contributed by atoms with E-state index in [2.05, 4.69) is 25.8 Å². The van der Waals surface area contributed by atoms with Crippen LogP contribution >= 0.6 is 0 Å². The first-order valence-electron chi connectivity index (χ1n) is 6.50. The molecule has 2 aromatic heterocycles.